The number of aromatic hydroxyl groups is 1. The Kier molecular flexibility index (Phi) is 2.36. The van der Waals surface area contributed by atoms with Crippen molar-refractivity contribution in [2.75, 3.05) is 0 Å². The Hall–Kier alpha value is -1.43. The van der Waals surface area contributed by atoms with Crippen molar-refractivity contribution in [2.45, 2.75) is 0 Å². The fraction of sp³-hybridized carbons (Fsp3) is 0. The first-order valence-electron chi connectivity index (χ1n) is 4.84. The van der Waals surface area contributed by atoms with Gasteiger partial charge in [0, 0.05) is 18.0 Å². The molecule has 0 saturated heterocycles. The maximum atomic E-state index is 9.23. The highest BCUT2D eigenvalue weighted by molar-refractivity contribution is 14.2. The minimum absolute atomic E-state index is 0.0919. The molecular weight excluding hydrogens is 315 g/mol. The van der Waals surface area contributed by atoms with E-state index in [1.54, 1.807) is 12.1 Å². The summed E-state index contributed by atoms with van der Waals surface area (Å²) in [6.45, 7) is 0. The van der Waals surface area contributed by atoms with Crippen LogP contribution in [-0.2, 0) is 0 Å². The van der Waals surface area contributed by atoms with Gasteiger partial charge in [-0.2, -0.15) is 0 Å². The van der Waals surface area contributed by atoms with Gasteiger partial charge in [-0.1, -0.05) is 0 Å². The summed E-state index contributed by atoms with van der Waals surface area (Å²) in [6.07, 6.45) is 6.13. The van der Waals surface area contributed by atoms with E-state index < -0.39 is 0 Å². The SMILES string of the molecule is Oc1ccc(-c2cn3c(n2)I=CC=C3)cc1. The minimum atomic E-state index is -0.0919. The van der Waals surface area contributed by atoms with Gasteiger partial charge >= 0.3 is 0 Å². The molecule has 0 saturated carbocycles. The van der Waals surface area contributed by atoms with E-state index in [1.165, 1.54) is 0 Å². The van der Waals surface area contributed by atoms with Gasteiger partial charge in [0.1, 0.15) is 5.75 Å². The number of halogens is 1. The standard InChI is InChI=1S/C12H9IN2O/c16-10-4-2-9(3-5-10)11-8-15-7-1-6-13-12(15)14-11/h1-8,16H. The quantitative estimate of drug-likeness (QED) is 0.819. The minimum Gasteiger partial charge on any atom is -0.508 e. The van der Waals surface area contributed by atoms with Gasteiger partial charge in [-0.05, 0) is 55.1 Å². The van der Waals surface area contributed by atoms with Crippen LogP contribution < -0.4 is 0 Å². The molecule has 0 spiro atoms. The number of hydrogen-bond acceptors (Lipinski definition) is 2. The molecule has 1 aromatic heterocycles. The zero-order chi connectivity index (χ0) is 11.0. The second-order valence-corrected chi connectivity index (χ2v) is 5.73. The molecule has 0 radical (unpaired) electrons. The van der Waals surface area contributed by atoms with E-state index in [0.717, 1.165) is 15.1 Å². The van der Waals surface area contributed by atoms with E-state index in [-0.39, 0.29) is 26.5 Å². The van der Waals surface area contributed by atoms with Crippen molar-refractivity contribution in [2.24, 2.45) is 0 Å². The fourth-order valence-electron chi connectivity index (χ4n) is 1.55. The third kappa shape index (κ3) is 1.69. The highest BCUT2D eigenvalue weighted by atomic mass is 127. The number of allylic oxidation sites excluding steroid dienone is 1. The summed E-state index contributed by atoms with van der Waals surface area (Å²) in [7, 11) is 0. The third-order valence-corrected chi connectivity index (χ3v) is 4.46. The van der Waals surface area contributed by atoms with Crippen LogP contribution in [0, 0.1) is 3.83 Å². The predicted octanol–water partition coefficient (Wildman–Crippen LogP) is 2.68. The fourth-order valence-corrected chi connectivity index (χ4v) is 3.28. The maximum Gasteiger partial charge on any atom is 0.170 e. The molecule has 2 heterocycles. The van der Waals surface area contributed by atoms with Crippen molar-refractivity contribution in [3.8, 4) is 17.0 Å². The van der Waals surface area contributed by atoms with Crippen molar-refractivity contribution >= 4 is 30.9 Å². The topological polar surface area (TPSA) is 38.0 Å². The van der Waals surface area contributed by atoms with Crippen LogP contribution in [0.1, 0.15) is 0 Å². The molecule has 80 valence electrons. The van der Waals surface area contributed by atoms with E-state index in [9.17, 15) is 5.11 Å². The van der Waals surface area contributed by atoms with Gasteiger partial charge in [0.2, 0.25) is 0 Å². The number of phenolic OH excluding ortho intramolecular Hbond substituents is 1. The molecule has 1 aromatic carbocycles. The Balaban J connectivity index is 2.07. The highest BCUT2D eigenvalue weighted by Crippen LogP contribution is 2.24. The average molecular weight is 324 g/mol. The van der Waals surface area contributed by atoms with Crippen molar-refractivity contribution in [1.82, 2.24) is 9.55 Å². The van der Waals surface area contributed by atoms with E-state index in [0.29, 0.717) is 0 Å². The first kappa shape index (κ1) is 9.77. The normalized spacial score (nSPS) is 13.2. The van der Waals surface area contributed by atoms with Gasteiger partial charge in [-0.25, -0.2) is 4.98 Å². The van der Waals surface area contributed by atoms with E-state index in [2.05, 4.69) is 19.6 Å². The summed E-state index contributed by atoms with van der Waals surface area (Å²) in [5.74, 6) is 0.286. The van der Waals surface area contributed by atoms with Crippen LogP contribution in [-0.4, -0.2) is 18.7 Å². The molecule has 16 heavy (non-hydrogen) atoms. The summed E-state index contributed by atoms with van der Waals surface area (Å²) in [6, 6.07) is 7.14. The first-order chi connectivity index (χ1) is 7.83. The number of nitrogens with zero attached hydrogens (tertiary/aromatic N) is 2. The Labute approximate surface area is 103 Å². The van der Waals surface area contributed by atoms with Crippen LogP contribution in [0.25, 0.3) is 17.5 Å². The molecule has 3 rings (SSSR count). The van der Waals surface area contributed by atoms with Crippen LogP contribution in [0.15, 0.2) is 36.5 Å². The molecule has 0 unspecified atom stereocenters. The lowest BCUT2D eigenvalue weighted by molar-refractivity contribution is 0.475. The molecule has 1 aliphatic rings. The van der Waals surface area contributed by atoms with Gasteiger partial charge in [0.05, 0.1) is 5.69 Å². The Bertz CT molecular complexity index is 552. The van der Waals surface area contributed by atoms with Crippen LogP contribution in [0.4, 0.5) is 0 Å². The van der Waals surface area contributed by atoms with Crippen LogP contribution in [0.2, 0.25) is 0 Å². The number of fused-ring (bicyclic) bond motifs is 1. The van der Waals surface area contributed by atoms with E-state index in [1.807, 2.05) is 24.5 Å². The number of benzene rings is 1. The van der Waals surface area contributed by atoms with E-state index >= 15 is 0 Å². The molecule has 2 aromatic rings. The summed E-state index contributed by atoms with van der Waals surface area (Å²) in [4.78, 5) is 4.60. The maximum absolute atomic E-state index is 9.23. The summed E-state index contributed by atoms with van der Waals surface area (Å²) in [5.41, 5.74) is 2.01. The van der Waals surface area contributed by atoms with Crippen LogP contribution >= 0.6 is 20.7 Å². The van der Waals surface area contributed by atoms with Gasteiger partial charge in [0.15, 0.2) is 3.83 Å². The van der Waals surface area contributed by atoms with Crippen molar-refractivity contribution in [1.29, 1.82) is 0 Å². The van der Waals surface area contributed by atoms with Crippen molar-refractivity contribution < 1.29 is 5.11 Å². The molecule has 4 heteroatoms. The van der Waals surface area contributed by atoms with Crippen molar-refractivity contribution in [3.63, 3.8) is 0 Å². The smallest absolute Gasteiger partial charge is 0.170 e. The molecule has 1 aliphatic heterocycles. The largest absolute Gasteiger partial charge is 0.508 e. The number of aromatic nitrogens is 2. The monoisotopic (exact) mass is 324 g/mol. The third-order valence-electron chi connectivity index (χ3n) is 2.33. The van der Waals surface area contributed by atoms with Crippen LogP contribution in [0.5, 0.6) is 5.75 Å². The Morgan fingerprint density at radius 3 is 2.75 bits per heavy atom. The molecule has 0 aliphatic carbocycles. The average Bonchev–Trinajstić information content (AvgIpc) is 2.73. The molecule has 0 fully saturated rings. The van der Waals surface area contributed by atoms with Gasteiger partial charge < -0.3 is 9.67 Å². The molecule has 3 nitrogen and oxygen atoms in total. The lowest BCUT2D eigenvalue weighted by Crippen LogP contribution is -1.91. The van der Waals surface area contributed by atoms with Crippen molar-refractivity contribution in [3.05, 3.63) is 40.4 Å². The predicted molar refractivity (Wildman–Crippen MR) is 73.4 cm³/mol. The lowest BCUT2D eigenvalue weighted by Gasteiger charge is -1.97. The lowest BCUT2D eigenvalue weighted by atomic mass is 10.2. The second kappa shape index (κ2) is 3.86. The van der Waals surface area contributed by atoms with E-state index in [4.69, 9.17) is 0 Å². The highest BCUT2D eigenvalue weighted by Gasteiger charge is 2.07. The molecular formula is C12H9IN2O. The van der Waals surface area contributed by atoms with Crippen LogP contribution in [0.3, 0.4) is 0 Å². The Morgan fingerprint density at radius 1 is 1.19 bits per heavy atom. The number of phenols is 1. The number of rotatable bonds is 1. The van der Waals surface area contributed by atoms with Gasteiger partial charge in [-0.3, -0.25) is 0 Å². The number of imidazole rings is 1. The molecule has 0 atom stereocenters. The summed E-state index contributed by atoms with van der Waals surface area (Å²) < 4.78 is 5.43. The zero-order valence-electron chi connectivity index (χ0n) is 8.34. The molecule has 0 amide bonds. The molecule has 0 bridgehead atoms. The molecule has 1 N–H and O–H groups in total. The Morgan fingerprint density at radius 2 is 2.00 bits per heavy atom. The summed E-state index contributed by atoms with van der Waals surface area (Å²) >= 11 is -0.0919. The zero-order valence-corrected chi connectivity index (χ0v) is 10.5. The second-order valence-electron chi connectivity index (χ2n) is 3.43. The number of hydrogen-bond donors (Lipinski definition) is 1. The summed E-state index contributed by atoms with van der Waals surface area (Å²) in [5, 5.41) is 9.23. The van der Waals surface area contributed by atoms with Gasteiger partial charge in [-0.15, -0.1) is 0 Å². The van der Waals surface area contributed by atoms with Gasteiger partial charge in [0.25, 0.3) is 0 Å². The first-order valence-corrected chi connectivity index (χ1v) is 7.17.